The zero-order chi connectivity index (χ0) is 33.4. The van der Waals surface area contributed by atoms with Crippen LogP contribution >= 0.6 is 0 Å². The molecule has 0 atom stereocenters. The van der Waals surface area contributed by atoms with E-state index in [1.165, 1.54) is 12.7 Å². The molecule has 48 heavy (non-hydrogen) atoms. The summed E-state index contributed by atoms with van der Waals surface area (Å²) in [5.74, 6) is -0.417. The largest absolute Gasteiger partial charge is 0.461 e. The number of aryl methyl sites for hydroxylation is 4. The Morgan fingerprint density at radius 3 is 2.08 bits per heavy atom. The summed E-state index contributed by atoms with van der Waals surface area (Å²) in [6, 6.07) is 44.1. The third-order valence-corrected chi connectivity index (χ3v) is 9.16. The van der Waals surface area contributed by atoms with Crippen LogP contribution in [0.15, 0.2) is 140 Å². The van der Waals surface area contributed by atoms with Crippen molar-refractivity contribution in [3.8, 4) is 50.6 Å². The fourth-order valence-corrected chi connectivity index (χ4v) is 6.70. The highest BCUT2D eigenvalue weighted by molar-refractivity contribution is 5.96. The average Bonchev–Trinajstić information content (AvgIpc) is 3.11. The van der Waals surface area contributed by atoms with Crippen LogP contribution < -0.4 is 13.7 Å². The number of rotatable bonds is 6. The smallest absolute Gasteiger partial charge is 0.403 e. The zero-order valence-electron chi connectivity index (χ0n) is 27.9. The number of nitrogens with zero attached hydrogens (tertiary/aromatic N) is 3. The molecule has 234 valence electrons. The number of benzene rings is 4. The fraction of sp³-hybridized carbons (Fsp3) is 0.116. The SMILES string of the molecule is COC(=O)c1cc(-c2ccc(C)cc2)cc(-c2ccccc2C)[n+]1-c1c(-c2cccc[n+]2C)cccc1-c1c2ccccc2cc[n+]1C. The van der Waals surface area contributed by atoms with Crippen LogP contribution in [0.25, 0.3) is 61.4 Å². The molecule has 7 aromatic rings. The number of carbonyl (C=O) groups excluding carboxylic acids is 1. The molecule has 0 saturated heterocycles. The lowest BCUT2D eigenvalue weighted by Crippen LogP contribution is -2.44. The van der Waals surface area contributed by atoms with Gasteiger partial charge >= 0.3 is 5.97 Å². The molecule has 0 amide bonds. The molecule has 0 unspecified atom stereocenters. The number of fused-ring (bicyclic) bond motifs is 1. The van der Waals surface area contributed by atoms with Gasteiger partial charge in [-0.15, -0.1) is 4.57 Å². The summed E-state index contributed by atoms with van der Waals surface area (Å²) < 4.78 is 12.0. The van der Waals surface area contributed by atoms with Crippen LogP contribution in [0, 0.1) is 13.8 Å². The van der Waals surface area contributed by atoms with E-state index in [0.29, 0.717) is 5.69 Å². The molecule has 0 fully saturated rings. The van der Waals surface area contributed by atoms with Crippen LogP contribution in [-0.2, 0) is 18.8 Å². The molecule has 0 spiro atoms. The number of aromatic nitrogens is 3. The number of hydrogen-bond donors (Lipinski definition) is 0. The van der Waals surface area contributed by atoms with Gasteiger partial charge in [0, 0.05) is 35.9 Å². The molecule has 0 bridgehead atoms. The normalized spacial score (nSPS) is 11.1. The van der Waals surface area contributed by atoms with Crippen molar-refractivity contribution in [1.82, 2.24) is 0 Å². The van der Waals surface area contributed by atoms with Gasteiger partial charge in [-0.3, -0.25) is 0 Å². The Bertz CT molecular complexity index is 2340. The quantitative estimate of drug-likeness (QED) is 0.139. The third kappa shape index (κ3) is 5.43. The van der Waals surface area contributed by atoms with Gasteiger partial charge in [-0.1, -0.05) is 72.3 Å². The predicted octanol–water partition coefficient (Wildman–Crippen LogP) is 7.84. The van der Waals surface area contributed by atoms with Crippen LogP contribution in [0.2, 0.25) is 0 Å². The van der Waals surface area contributed by atoms with Crippen molar-refractivity contribution < 1.29 is 23.2 Å². The molecule has 3 heterocycles. The lowest BCUT2D eigenvalue weighted by molar-refractivity contribution is -0.661. The maximum atomic E-state index is 14.1. The number of carbonyl (C=O) groups is 1. The van der Waals surface area contributed by atoms with Gasteiger partial charge in [0.05, 0.1) is 12.5 Å². The Morgan fingerprint density at radius 2 is 1.31 bits per heavy atom. The van der Waals surface area contributed by atoms with E-state index in [1.54, 1.807) is 0 Å². The van der Waals surface area contributed by atoms with Gasteiger partial charge in [-0.05, 0) is 66.3 Å². The van der Waals surface area contributed by atoms with Crippen molar-refractivity contribution in [2.24, 2.45) is 14.1 Å². The Kier molecular flexibility index (Phi) is 8.12. The number of esters is 1. The molecule has 0 radical (unpaired) electrons. The number of ether oxygens (including phenoxy) is 1. The Morgan fingerprint density at radius 1 is 0.604 bits per heavy atom. The Labute approximate surface area is 281 Å². The second-order valence-corrected chi connectivity index (χ2v) is 12.3. The van der Waals surface area contributed by atoms with Crippen molar-refractivity contribution in [2.75, 3.05) is 7.11 Å². The minimum absolute atomic E-state index is 0.417. The molecular formula is C43H38N3O2+3. The molecule has 4 aromatic carbocycles. The van der Waals surface area contributed by atoms with E-state index < -0.39 is 5.97 Å². The summed E-state index contributed by atoms with van der Waals surface area (Å²) >= 11 is 0. The number of pyridine rings is 3. The van der Waals surface area contributed by atoms with Crippen LogP contribution in [0.3, 0.4) is 0 Å². The van der Waals surface area contributed by atoms with E-state index in [1.807, 2.05) is 18.2 Å². The van der Waals surface area contributed by atoms with Gasteiger partial charge in [-0.2, -0.15) is 0 Å². The second-order valence-electron chi connectivity index (χ2n) is 12.3. The highest BCUT2D eigenvalue weighted by Crippen LogP contribution is 2.37. The third-order valence-electron chi connectivity index (χ3n) is 9.16. The van der Waals surface area contributed by atoms with Crippen LogP contribution in [-0.4, -0.2) is 13.1 Å². The minimum Gasteiger partial charge on any atom is -0.461 e. The van der Waals surface area contributed by atoms with Gasteiger partial charge in [-0.25, -0.2) is 13.9 Å². The van der Waals surface area contributed by atoms with Crippen molar-refractivity contribution >= 4 is 16.7 Å². The highest BCUT2D eigenvalue weighted by Gasteiger charge is 2.37. The predicted molar refractivity (Wildman–Crippen MR) is 190 cm³/mol. The molecule has 3 aromatic heterocycles. The molecule has 0 saturated carbocycles. The topological polar surface area (TPSA) is 37.9 Å². The average molecular weight is 629 g/mol. The van der Waals surface area contributed by atoms with Crippen molar-refractivity contribution in [2.45, 2.75) is 13.8 Å². The van der Waals surface area contributed by atoms with Crippen molar-refractivity contribution in [1.29, 1.82) is 0 Å². The lowest BCUT2D eigenvalue weighted by Gasteiger charge is -2.16. The van der Waals surface area contributed by atoms with E-state index in [0.717, 1.165) is 66.9 Å². The first kappa shape index (κ1) is 30.7. The molecule has 0 N–H and O–H groups in total. The summed E-state index contributed by atoms with van der Waals surface area (Å²) in [5, 5.41) is 2.26. The first-order valence-electron chi connectivity index (χ1n) is 16.1. The zero-order valence-corrected chi connectivity index (χ0v) is 27.9. The van der Waals surface area contributed by atoms with E-state index in [9.17, 15) is 4.79 Å². The van der Waals surface area contributed by atoms with Gasteiger partial charge < -0.3 is 4.74 Å². The summed E-state index contributed by atoms with van der Waals surface area (Å²) in [7, 11) is 5.58. The second kappa shape index (κ2) is 12.7. The Hall–Kier alpha value is -5.94. The monoisotopic (exact) mass is 628 g/mol. The van der Waals surface area contributed by atoms with Gasteiger partial charge in [0.25, 0.3) is 5.69 Å². The van der Waals surface area contributed by atoms with Crippen molar-refractivity contribution in [3.63, 3.8) is 0 Å². The van der Waals surface area contributed by atoms with E-state index in [-0.39, 0.29) is 0 Å². The maximum Gasteiger partial charge on any atom is 0.403 e. The fourth-order valence-electron chi connectivity index (χ4n) is 6.70. The van der Waals surface area contributed by atoms with E-state index in [2.05, 4.69) is 163 Å². The lowest BCUT2D eigenvalue weighted by atomic mass is 9.94. The summed E-state index contributed by atoms with van der Waals surface area (Å²) in [5.41, 5.74) is 11.5. The molecular weight excluding hydrogens is 590 g/mol. The highest BCUT2D eigenvalue weighted by atomic mass is 16.5. The molecule has 7 rings (SSSR count). The molecule has 0 aliphatic heterocycles. The number of methoxy groups -OCH3 is 1. The molecule has 0 aliphatic carbocycles. The van der Waals surface area contributed by atoms with Crippen LogP contribution in [0.4, 0.5) is 0 Å². The van der Waals surface area contributed by atoms with Crippen LogP contribution in [0.5, 0.6) is 0 Å². The van der Waals surface area contributed by atoms with E-state index >= 15 is 0 Å². The first-order valence-corrected chi connectivity index (χ1v) is 16.1. The van der Waals surface area contributed by atoms with Crippen LogP contribution in [0.1, 0.15) is 21.6 Å². The van der Waals surface area contributed by atoms with Gasteiger partial charge in [0.15, 0.2) is 12.4 Å². The molecule has 5 nitrogen and oxygen atoms in total. The van der Waals surface area contributed by atoms with Gasteiger partial charge in [0.1, 0.15) is 25.2 Å². The summed E-state index contributed by atoms with van der Waals surface area (Å²) in [6.07, 6.45) is 4.16. The summed E-state index contributed by atoms with van der Waals surface area (Å²) in [6.45, 7) is 4.20. The summed E-state index contributed by atoms with van der Waals surface area (Å²) in [4.78, 5) is 14.1. The minimum atomic E-state index is -0.417. The van der Waals surface area contributed by atoms with E-state index in [4.69, 9.17) is 4.74 Å². The molecule has 5 heteroatoms. The standard InChI is InChI=1S/C43H38N3O2/c1-29-20-22-31(23-21-29)33-27-39(34-15-8-6-13-30(34)2)46(40(28-33)43(47)48-5)42-36(38-19-10-11-25-44(38)3)17-12-18-37(42)41-35-16-9-7-14-32(35)24-26-45(41)4/h6-28H,1-5H3/q+3. The molecule has 0 aliphatic rings. The number of hydrogen-bond acceptors (Lipinski definition) is 2. The number of para-hydroxylation sites is 1. The van der Waals surface area contributed by atoms with Crippen molar-refractivity contribution in [3.05, 3.63) is 157 Å². The van der Waals surface area contributed by atoms with Gasteiger partial charge in [0.2, 0.25) is 22.8 Å². The first-order chi connectivity index (χ1) is 23.4. The Balaban J connectivity index is 1.70. The maximum absolute atomic E-state index is 14.1.